The molecule has 23 heteroatoms. The third-order valence-corrected chi connectivity index (χ3v) is 12.9. The summed E-state index contributed by atoms with van der Waals surface area (Å²) in [5.41, 5.74) is -4.77. The van der Waals surface area contributed by atoms with Crippen molar-refractivity contribution < 1.29 is 49.2 Å². The van der Waals surface area contributed by atoms with Crippen LogP contribution in [0, 0.1) is 23.0 Å². The lowest BCUT2D eigenvalue weighted by Crippen LogP contribution is -2.41. The average molecular weight is 951 g/mol. The Balaban J connectivity index is 1.34. The molecule has 1 aliphatic heterocycles. The molecule has 1 saturated heterocycles. The fraction of sp³-hybridized carbons (Fsp3) is 0.405. The van der Waals surface area contributed by atoms with Crippen LogP contribution in [0.1, 0.15) is 86.4 Å². The number of amides is 1. The predicted octanol–water partition coefficient (Wildman–Crippen LogP) is 7.93. The van der Waals surface area contributed by atoms with Crippen molar-refractivity contribution in [2.24, 2.45) is 5.92 Å². The second-order valence-corrected chi connectivity index (χ2v) is 18.0. The number of carbonyl (C=O) groups excluding carboxylic acids is 1. The molecule has 3 unspecified atom stereocenters. The zero-order valence-electron chi connectivity index (χ0n) is 35.1. The van der Waals surface area contributed by atoms with Gasteiger partial charge in [0.1, 0.15) is 41.2 Å². The average Bonchev–Trinajstić information content (AvgIpc) is 3.80. The van der Waals surface area contributed by atoms with Gasteiger partial charge in [0, 0.05) is 30.2 Å². The number of anilines is 1. The highest BCUT2D eigenvalue weighted by molar-refractivity contribution is 7.97. The number of carbonyl (C=O) groups is 1. The number of nitrogens with zero attached hydrogens (tertiary/aromatic N) is 4. The quantitative estimate of drug-likeness (QED) is 0.0287. The molecular weight excluding hydrogens is 911 g/mol. The summed E-state index contributed by atoms with van der Waals surface area (Å²) in [6, 6.07) is 7.88. The zero-order chi connectivity index (χ0) is 47.1. The van der Waals surface area contributed by atoms with Gasteiger partial charge < -0.3 is 24.7 Å². The monoisotopic (exact) mass is 950 g/mol. The lowest BCUT2D eigenvalue weighted by Gasteiger charge is -2.32. The Morgan fingerprint density at radius 3 is 2.34 bits per heavy atom. The van der Waals surface area contributed by atoms with Gasteiger partial charge in [0.25, 0.3) is 24.3 Å². The lowest BCUT2D eigenvalue weighted by molar-refractivity contribution is -0.123. The molecule has 0 spiro atoms. The highest BCUT2D eigenvalue weighted by atomic mass is 35.5. The first-order chi connectivity index (χ1) is 30.5. The Morgan fingerprint density at radius 1 is 1.03 bits per heavy atom. The van der Waals surface area contributed by atoms with Crippen LogP contribution in [0.5, 0.6) is 0 Å². The fourth-order valence-corrected chi connectivity index (χ4v) is 9.00. The van der Waals surface area contributed by atoms with Gasteiger partial charge in [-0.05, 0) is 87.5 Å². The first-order valence-corrected chi connectivity index (χ1v) is 21.8. The molecule has 12 nitrogen and oxygen atoms in total. The predicted molar refractivity (Wildman–Crippen MR) is 229 cm³/mol. The number of alkyl halides is 6. The molecule has 3 aliphatic rings. The number of amidine groups is 1. The Morgan fingerprint density at radius 2 is 1.71 bits per heavy atom. The van der Waals surface area contributed by atoms with Crippen LogP contribution < -0.4 is 26.4 Å². The number of fused-ring (bicyclic) bond motifs is 4. The molecule has 0 radical (unpaired) electrons. The number of hydrogen-bond acceptors (Lipinski definition) is 9. The van der Waals surface area contributed by atoms with Crippen LogP contribution >= 0.6 is 23.5 Å². The van der Waals surface area contributed by atoms with Crippen LogP contribution in [0.2, 0.25) is 5.02 Å². The minimum Gasteiger partial charge on any atom is -0.399 e. The molecule has 8 rings (SSSR count). The summed E-state index contributed by atoms with van der Waals surface area (Å²) in [6.07, 6.45) is -5.18. The molecule has 2 aliphatic carbocycles. The van der Waals surface area contributed by atoms with Gasteiger partial charge in [0.05, 0.1) is 56.7 Å². The summed E-state index contributed by atoms with van der Waals surface area (Å²) in [5, 5.41) is 17.5. The third kappa shape index (κ3) is 8.46. The molecule has 1 amide bonds. The lowest BCUT2D eigenvalue weighted by atomic mass is 9.79. The maximum atomic E-state index is 15.6. The molecule has 344 valence electrons. The van der Waals surface area contributed by atoms with E-state index in [1.165, 1.54) is 24.3 Å². The van der Waals surface area contributed by atoms with E-state index in [4.69, 9.17) is 31.3 Å². The number of nitrogens with one attached hydrogen (secondary N) is 4. The highest BCUT2D eigenvalue weighted by Crippen LogP contribution is 2.68. The van der Waals surface area contributed by atoms with Crippen molar-refractivity contribution in [2.75, 3.05) is 18.1 Å². The van der Waals surface area contributed by atoms with Crippen LogP contribution in [-0.2, 0) is 33.0 Å². The van der Waals surface area contributed by atoms with Crippen LogP contribution in [-0.4, -0.2) is 68.6 Å². The van der Waals surface area contributed by atoms with E-state index < -0.39 is 109 Å². The van der Waals surface area contributed by atoms with Crippen molar-refractivity contribution in [3.63, 3.8) is 0 Å². The van der Waals surface area contributed by atoms with Crippen molar-refractivity contribution in [1.29, 1.82) is 5.41 Å². The second-order valence-electron chi connectivity index (χ2n) is 17.0. The van der Waals surface area contributed by atoms with Crippen molar-refractivity contribution in [3.05, 3.63) is 109 Å². The van der Waals surface area contributed by atoms with Crippen LogP contribution in [0.4, 0.5) is 40.8 Å². The van der Waals surface area contributed by atoms with Crippen molar-refractivity contribution in [2.45, 2.75) is 89.0 Å². The number of aromatic nitrogens is 4. The van der Waals surface area contributed by atoms with Gasteiger partial charge in [0.15, 0.2) is 0 Å². The van der Waals surface area contributed by atoms with Crippen molar-refractivity contribution >= 4 is 64.5 Å². The Kier molecular flexibility index (Phi) is 12.1. The minimum atomic E-state index is -3.58. The van der Waals surface area contributed by atoms with Gasteiger partial charge in [-0.15, -0.1) is 0 Å². The van der Waals surface area contributed by atoms with Gasteiger partial charge in [0.2, 0.25) is 5.91 Å². The highest BCUT2D eigenvalue weighted by Gasteiger charge is 2.67. The molecule has 3 heterocycles. The molecule has 3 atom stereocenters. The van der Waals surface area contributed by atoms with E-state index in [1.807, 2.05) is 27.7 Å². The number of rotatable bonds is 14. The van der Waals surface area contributed by atoms with Gasteiger partial charge in [-0.1, -0.05) is 29.6 Å². The largest absolute Gasteiger partial charge is 0.494 e. The second kappa shape index (κ2) is 16.9. The topological polar surface area (TPSA) is 148 Å². The normalized spacial score (nSPS) is 19.4. The maximum Gasteiger partial charge on any atom is 0.494 e. The van der Waals surface area contributed by atoms with E-state index in [9.17, 15) is 31.1 Å². The summed E-state index contributed by atoms with van der Waals surface area (Å²) in [7, 11) is -0.958. The molecule has 5 aromatic rings. The summed E-state index contributed by atoms with van der Waals surface area (Å²) >= 11 is 7.57. The number of halogens is 9. The van der Waals surface area contributed by atoms with Gasteiger partial charge >= 0.3 is 7.12 Å². The van der Waals surface area contributed by atoms with E-state index in [0.717, 1.165) is 28.6 Å². The standard InChI is InChI=1S/C42H40BClF8N8O4S/c1-40(2)41(3,4)64-43(63-40)19-6-7-22-26(13-19)56-38(60(39(22)62)28-9-8-25(44)32(37(53)58-65-5)33(28)54-16-29(47)48)27(12-18-10-20(45)14-21(46)11-18)55-30(61)17-59-35-31(34(57-59)36(49)50)23-15-24(23)42(35,51)52/h6-11,13-14,23-24,27,29,36,54H,12,15-17H2,1-5H3,(H2,53,58)(H,55,61). The first-order valence-electron chi connectivity index (χ1n) is 20.2. The maximum absolute atomic E-state index is 15.6. The molecule has 2 fully saturated rings. The van der Waals surface area contributed by atoms with Gasteiger partial charge in [-0.3, -0.25) is 24.2 Å². The Labute approximate surface area is 375 Å². The summed E-state index contributed by atoms with van der Waals surface area (Å²) < 4.78 is 134. The minimum absolute atomic E-state index is 0.0171. The smallest absolute Gasteiger partial charge is 0.399 e. The van der Waals surface area contributed by atoms with E-state index in [1.54, 1.807) is 12.3 Å². The SMILES string of the molecule is CSNC(=N)c1c(Cl)ccc(-n2c(C(Cc3cc(F)cc(F)c3)NC(=O)Cn3nc(C(F)F)c4c3C(F)(F)C3CC43)nc3cc(B4OC(C)(C)C(C)(C)O4)ccc3c2=O)c1NCC(F)F. The van der Waals surface area contributed by atoms with Crippen molar-refractivity contribution in [3.8, 4) is 5.69 Å². The van der Waals surface area contributed by atoms with E-state index in [0.29, 0.717) is 16.2 Å². The molecule has 4 N–H and O–H groups in total. The number of hydrogen-bond donors (Lipinski definition) is 4. The zero-order valence-corrected chi connectivity index (χ0v) is 36.7. The molecular formula is C42H40BClF8N8O4S. The molecule has 1 saturated carbocycles. The van der Waals surface area contributed by atoms with E-state index in [2.05, 4.69) is 20.5 Å². The molecule has 3 aromatic carbocycles. The third-order valence-electron chi connectivity index (χ3n) is 12.2. The van der Waals surface area contributed by atoms with Gasteiger partial charge in [-0.2, -0.15) is 13.9 Å². The van der Waals surface area contributed by atoms with E-state index in [-0.39, 0.29) is 62.1 Å². The Hall–Kier alpha value is -5.19. The molecule has 65 heavy (non-hydrogen) atoms. The van der Waals surface area contributed by atoms with Crippen LogP contribution in [0.3, 0.4) is 0 Å². The molecule has 2 aromatic heterocycles. The summed E-state index contributed by atoms with van der Waals surface area (Å²) in [6.45, 7) is 5.28. The van der Waals surface area contributed by atoms with Crippen LogP contribution in [0.25, 0.3) is 16.6 Å². The van der Waals surface area contributed by atoms with E-state index >= 15 is 13.6 Å². The van der Waals surface area contributed by atoms with Crippen molar-refractivity contribution in [1.82, 2.24) is 29.4 Å². The van der Waals surface area contributed by atoms with Crippen LogP contribution in [0.15, 0.2) is 53.3 Å². The first kappa shape index (κ1) is 46.3. The van der Waals surface area contributed by atoms with Gasteiger partial charge in [-0.25, -0.2) is 31.3 Å². The molecule has 0 bridgehead atoms. The fourth-order valence-electron chi connectivity index (χ4n) is 8.45. The Bertz CT molecular complexity index is 2770. The summed E-state index contributed by atoms with van der Waals surface area (Å²) in [5.74, 6) is -9.57. The summed E-state index contributed by atoms with van der Waals surface area (Å²) in [4.78, 5) is 34.1. The number of benzene rings is 3.